The highest BCUT2D eigenvalue weighted by molar-refractivity contribution is 6.39. The van der Waals surface area contributed by atoms with Crippen LogP contribution in [0.1, 0.15) is 43.8 Å². The Kier molecular flexibility index (Phi) is 5.96. The topological polar surface area (TPSA) is 76.0 Å². The molecule has 1 heterocycles. The predicted octanol–water partition coefficient (Wildman–Crippen LogP) is 2.97. The highest BCUT2D eigenvalue weighted by atomic mass is 16.2. The maximum absolute atomic E-state index is 12.3. The lowest BCUT2D eigenvalue weighted by molar-refractivity contribution is -0.136. The molecule has 1 aromatic heterocycles. The Morgan fingerprint density at radius 2 is 1.72 bits per heavy atom. The molecule has 0 saturated heterocycles. The van der Waals surface area contributed by atoms with Crippen LogP contribution in [-0.2, 0) is 16.1 Å². The number of nitrogens with one attached hydrogen (secondary N) is 2. The van der Waals surface area contributed by atoms with E-state index in [2.05, 4.69) is 29.6 Å². The molecule has 0 aliphatic rings. The normalized spacial score (nSPS) is 12.1. The molecule has 2 N–H and O–H groups in total. The van der Waals surface area contributed by atoms with Crippen LogP contribution in [0.4, 0.5) is 5.69 Å². The van der Waals surface area contributed by atoms with E-state index in [0.29, 0.717) is 17.3 Å². The summed E-state index contributed by atoms with van der Waals surface area (Å²) in [6.07, 6.45) is 0. The molecule has 2 rings (SSSR count). The molecule has 25 heavy (non-hydrogen) atoms. The van der Waals surface area contributed by atoms with Gasteiger partial charge in [0, 0.05) is 6.54 Å². The summed E-state index contributed by atoms with van der Waals surface area (Å²) >= 11 is 0. The average molecular weight is 342 g/mol. The number of benzene rings is 1. The van der Waals surface area contributed by atoms with Crippen LogP contribution in [0.25, 0.3) is 0 Å². The molecular formula is C19H26N4O2. The Morgan fingerprint density at radius 3 is 2.32 bits per heavy atom. The van der Waals surface area contributed by atoms with Gasteiger partial charge in [-0.25, -0.2) is 0 Å². The molecule has 0 saturated carbocycles. The SMILES string of the molecule is Cc1nn(CC(C)C)c(C)c1NC(=O)C(=O)N[C@H](C)c1ccccc1. The van der Waals surface area contributed by atoms with Crippen molar-refractivity contribution < 1.29 is 9.59 Å². The molecule has 2 amide bonds. The molecule has 1 aromatic carbocycles. The molecule has 0 spiro atoms. The van der Waals surface area contributed by atoms with Gasteiger partial charge >= 0.3 is 11.8 Å². The van der Waals surface area contributed by atoms with E-state index in [1.54, 1.807) is 0 Å². The van der Waals surface area contributed by atoms with Gasteiger partial charge in [0.1, 0.15) is 0 Å². The number of anilines is 1. The summed E-state index contributed by atoms with van der Waals surface area (Å²) in [6, 6.07) is 9.28. The van der Waals surface area contributed by atoms with E-state index in [9.17, 15) is 9.59 Å². The molecule has 0 bridgehead atoms. The molecule has 0 aliphatic carbocycles. The summed E-state index contributed by atoms with van der Waals surface area (Å²) in [6.45, 7) is 10.5. The first-order valence-corrected chi connectivity index (χ1v) is 8.50. The largest absolute Gasteiger partial charge is 0.341 e. The number of hydrogen-bond acceptors (Lipinski definition) is 3. The first kappa shape index (κ1) is 18.7. The highest BCUT2D eigenvalue weighted by Crippen LogP contribution is 2.20. The Balaban J connectivity index is 2.04. The molecule has 0 unspecified atom stereocenters. The molecule has 0 fully saturated rings. The molecule has 0 aliphatic heterocycles. The lowest BCUT2D eigenvalue weighted by Crippen LogP contribution is -2.37. The van der Waals surface area contributed by atoms with Gasteiger partial charge in [0.15, 0.2) is 0 Å². The molecule has 0 radical (unpaired) electrons. The number of nitrogens with zero attached hydrogens (tertiary/aromatic N) is 2. The van der Waals surface area contributed by atoms with Crippen molar-refractivity contribution in [2.45, 2.75) is 47.2 Å². The first-order chi connectivity index (χ1) is 11.8. The maximum Gasteiger partial charge on any atom is 0.313 e. The second-order valence-electron chi connectivity index (χ2n) is 6.68. The van der Waals surface area contributed by atoms with E-state index < -0.39 is 11.8 Å². The number of hydrogen-bond donors (Lipinski definition) is 2. The van der Waals surface area contributed by atoms with E-state index in [1.165, 1.54) is 0 Å². The van der Waals surface area contributed by atoms with Crippen LogP contribution in [0.2, 0.25) is 0 Å². The van der Waals surface area contributed by atoms with E-state index in [-0.39, 0.29) is 6.04 Å². The van der Waals surface area contributed by atoms with Crippen molar-refractivity contribution in [1.29, 1.82) is 0 Å². The third-order valence-electron chi connectivity index (χ3n) is 4.01. The third kappa shape index (κ3) is 4.68. The average Bonchev–Trinajstić information content (AvgIpc) is 2.82. The predicted molar refractivity (Wildman–Crippen MR) is 98.2 cm³/mol. The third-order valence-corrected chi connectivity index (χ3v) is 4.01. The second kappa shape index (κ2) is 7.96. The molecule has 2 aromatic rings. The summed E-state index contributed by atoms with van der Waals surface area (Å²) in [5, 5.41) is 9.85. The van der Waals surface area contributed by atoms with Gasteiger partial charge in [0.05, 0.1) is 23.1 Å². The van der Waals surface area contributed by atoms with E-state index in [0.717, 1.165) is 17.8 Å². The fraction of sp³-hybridized carbons (Fsp3) is 0.421. The van der Waals surface area contributed by atoms with Crippen molar-refractivity contribution in [2.75, 3.05) is 5.32 Å². The Morgan fingerprint density at radius 1 is 1.08 bits per heavy atom. The van der Waals surface area contributed by atoms with E-state index in [4.69, 9.17) is 0 Å². The smallest absolute Gasteiger partial charge is 0.313 e. The second-order valence-corrected chi connectivity index (χ2v) is 6.68. The van der Waals surface area contributed by atoms with Crippen molar-refractivity contribution in [3.63, 3.8) is 0 Å². The summed E-state index contributed by atoms with van der Waals surface area (Å²) in [5.74, 6) is -0.901. The minimum Gasteiger partial charge on any atom is -0.341 e. The van der Waals surface area contributed by atoms with Crippen molar-refractivity contribution in [3.8, 4) is 0 Å². The summed E-state index contributed by atoms with van der Waals surface area (Å²) in [4.78, 5) is 24.4. The minimum absolute atomic E-state index is 0.245. The van der Waals surface area contributed by atoms with E-state index in [1.807, 2.05) is 55.8 Å². The fourth-order valence-electron chi connectivity index (χ4n) is 2.66. The molecule has 6 nitrogen and oxygen atoms in total. The number of aromatic nitrogens is 2. The zero-order valence-corrected chi connectivity index (χ0v) is 15.5. The van der Waals surface area contributed by atoms with Crippen molar-refractivity contribution in [1.82, 2.24) is 15.1 Å². The van der Waals surface area contributed by atoms with Gasteiger partial charge in [-0.1, -0.05) is 44.2 Å². The zero-order valence-electron chi connectivity index (χ0n) is 15.5. The minimum atomic E-state index is -0.682. The zero-order chi connectivity index (χ0) is 18.6. The van der Waals surface area contributed by atoms with Gasteiger partial charge < -0.3 is 10.6 Å². The van der Waals surface area contributed by atoms with Gasteiger partial charge in [-0.2, -0.15) is 5.10 Å². The summed E-state index contributed by atoms with van der Waals surface area (Å²) in [7, 11) is 0. The summed E-state index contributed by atoms with van der Waals surface area (Å²) < 4.78 is 1.86. The van der Waals surface area contributed by atoms with Gasteiger partial charge in [-0.3, -0.25) is 14.3 Å². The maximum atomic E-state index is 12.3. The molecule has 1 atom stereocenters. The van der Waals surface area contributed by atoms with Gasteiger partial charge in [-0.15, -0.1) is 0 Å². The van der Waals surface area contributed by atoms with Crippen LogP contribution >= 0.6 is 0 Å². The lowest BCUT2D eigenvalue weighted by atomic mass is 10.1. The van der Waals surface area contributed by atoms with Crippen LogP contribution in [0.15, 0.2) is 30.3 Å². The quantitative estimate of drug-likeness (QED) is 0.820. The first-order valence-electron chi connectivity index (χ1n) is 8.50. The van der Waals surface area contributed by atoms with E-state index >= 15 is 0 Å². The summed E-state index contributed by atoms with van der Waals surface area (Å²) in [5.41, 5.74) is 3.10. The number of aryl methyl sites for hydroxylation is 1. The van der Waals surface area contributed by atoms with Crippen LogP contribution in [0.3, 0.4) is 0 Å². The van der Waals surface area contributed by atoms with Crippen molar-refractivity contribution in [2.24, 2.45) is 5.92 Å². The molecule has 6 heteroatoms. The van der Waals surface area contributed by atoms with Crippen molar-refractivity contribution >= 4 is 17.5 Å². The van der Waals surface area contributed by atoms with Gasteiger partial charge in [0.2, 0.25) is 0 Å². The van der Waals surface area contributed by atoms with Crippen LogP contribution in [-0.4, -0.2) is 21.6 Å². The lowest BCUT2D eigenvalue weighted by Gasteiger charge is -2.14. The highest BCUT2D eigenvalue weighted by Gasteiger charge is 2.21. The van der Waals surface area contributed by atoms with Gasteiger partial charge in [0.25, 0.3) is 0 Å². The number of amides is 2. The van der Waals surface area contributed by atoms with Crippen molar-refractivity contribution in [3.05, 3.63) is 47.3 Å². The Hall–Kier alpha value is -2.63. The van der Waals surface area contributed by atoms with Crippen LogP contribution < -0.4 is 10.6 Å². The van der Waals surface area contributed by atoms with Gasteiger partial charge in [-0.05, 0) is 32.3 Å². The van der Waals surface area contributed by atoms with Crippen LogP contribution in [0, 0.1) is 19.8 Å². The Labute approximate surface area is 148 Å². The monoisotopic (exact) mass is 342 g/mol. The number of carbonyl (C=O) groups is 2. The van der Waals surface area contributed by atoms with Crippen LogP contribution in [0.5, 0.6) is 0 Å². The Bertz CT molecular complexity index is 750. The number of carbonyl (C=O) groups excluding carboxylic acids is 2. The standard InChI is InChI=1S/C19H26N4O2/c1-12(2)11-23-15(5)17(14(4)22-23)21-19(25)18(24)20-13(3)16-9-7-6-8-10-16/h6-10,12-13H,11H2,1-5H3,(H,20,24)(H,21,25)/t13-/m1/s1. The molecule has 134 valence electrons. The number of rotatable bonds is 5. The molecular weight excluding hydrogens is 316 g/mol. The fourth-order valence-corrected chi connectivity index (χ4v) is 2.66.